The highest BCUT2D eigenvalue weighted by Crippen LogP contribution is 2.29. The number of fused-ring (bicyclic) bond motifs is 1. The van der Waals surface area contributed by atoms with Crippen LogP contribution in [0.3, 0.4) is 0 Å². The Morgan fingerprint density at radius 2 is 1.32 bits per heavy atom. The lowest BCUT2D eigenvalue weighted by Crippen LogP contribution is -2.35. The van der Waals surface area contributed by atoms with Crippen molar-refractivity contribution in [3.63, 3.8) is 0 Å². The molecule has 1 fully saturated rings. The SMILES string of the molecule is N=C1c2ccccc2CN1C1CCCCCCCCCCC1. The number of benzene rings is 1. The zero-order valence-corrected chi connectivity index (χ0v) is 13.8. The van der Waals surface area contributed by atoms with Gasteiger partial charge in [-0.3, -0.25) is 5.41 Å². The predicted octanol–water partition coefficient (Wildman–Crippen LogP) is 5.50. The van der Waals surface area contributed by atoms with Crippen LogP contribution < -0.4 is 0 Å². The highest BCUT2D eigenvalue weighted by atomic mass is 15.2. The molecule has 0 atom stereocenters. The fourth-order valence-corrected chi connectivity index (χ4v) is 4.07. The Kier molecular flexibility index (Phi) is 5.53. The van der Waals surface area contributed by atoms with Crippen molar-refractivity contribution < 1.29 is 0 Å². The maximum atomic E-state index is 8.55. The average molecular weight is 298 g/mol. The van der Waals surface area contributed by atoms with Gasteiger partial charge in [-0.15, -0.1) is 0 Å². The van der Waals surface area contributed by atoms with E-state index in [1.54, 1.807) is 0 Å². The summed E-state index contributed by atoms with van der Waals surface area (Å²) in [6.45, 7) is 0.958. The van der Waals surface area contributed by atoms with Crippen molar-refractivity contribution in [1.29, 1.82) is 5.41 Å². The van der Waals surface area contributed by atoms with Crippen LogP contribution in [0.1, 0.15) is 81.8 Å². The van der Waals surface area contributed by atoms with Crippen LogP contribution in [0, 0.1) is 5.41 Å². The molecule has 0 aromatic heterocycles. The van der Waals surface area contributed by atoms with Crippen molar-refractivity contribution >= 4 is 5.84 Å². The van der Waals surface area contributed by atoms with Crippen LogP contribution >= 0.6 is 0 Å². The lowest BCUT2D eigenvalue weighted by molar-refractivity contribution is 0.266. The summed E-state index contributed by atoms with van der Waals surface area (Å²) in [6, 6.07) is 9.07. The predicted molar refractivity (Wildman–Crippen MR) is 93.4 cm³/mol. The zero-order valence-electron chi connectivity index (χ0n) is 13.8. The average Bonchev–Trinajstić information content (AvgIpc) is 2.86. The molecule has 0 bridgehead atoms. The molecule has 1 saturated carbocycles. The van der Waals surface area contributed by atoms with E-state index in [1.165, 1.54) is 76.2 Å². The van der Waals surface area contributed by atoms with Crippen LogP contribution in [-0.2, 0) is 6.54 Å². The fourth-order valence-electron chi connectivity index (χ4n) is 4.07. The van der Waals surface area contributed by atoms with Gasteiger partial charge in [0.1, 0.15) is 5.84 Å². The molecule has 1 aromatic carbocycles. The Hall–Kier alpha value is -1.31. The second-order valence-corrected chi connectivity index (χ2v) is 7.05. The Morgan fingerprint density at radius 1 is 0.773 bits per heavy atom. The minimum Gasteiger partial charge on any atom is -0.349 e. The Morgan fingerprint density at radius 3 is 1.91 bits per heavy atom. The molecular weight excluding hydrogens is 268 g/mol. The molecule has 1 aliphatic carbocycles. The summed E-state index contributed by atoms with van der Waals surface area (Å²) in [7, 11) is 0. The van der Waals surface area contributed by atoms with Gasteiger partial charge in [-0.2, -0.15) is 0 Å². The molecule has 22 heavy (non-hydrogen) atoms. The first-order valence-corrected chi connectivity index (χ1v) is 9.30. The maximum absolute atomic E-state index is 8.55. The molecule has 0 radical (unpaired) electrons. The topological polar surface area (TPSA) is 27.1 Å². The maximum Gasteiger partial charge on any atom is 0.128 e. The van der Waals surface area contributed by atoms with Crippen molar-refractivity contribution in [2.75, 3.05) is 0 Å². The summed E-state index contributed by atoms with van der Waals surface area (Å²) in [4.78, 5) is 2.39. The van der Waals surface area contributed by atoms with E-state index >= 15 is 0 Å². The molecule has 0 unspecified atom stereocenters. The lowest BCUT2D eigenvalue weighted by atomic mass is 9.97. The number of hydrogen-bond donors (Lipinski definition) is 1. The van der Waals surface area contributed by atoms with Crippen LogP contribution in [0.4, 0.5) is 0 Å². The minimum atomic E-state index is 0.583. The van der Waals surface area contributed by atoms with E-state index in [2.05, 4.69) is 29.2 Å². The molecule has 120 valence electrons. The van der Waals surface area contributed by atoms with Gasteiger partial charge in [0.15, 0.2) is 0 Å². The van der Waals surface area contributed by atoms with Gasteiger partial charge >= 0.3 is 0 Å². The smallest absolute Gasteiger partial charge is 0.128 e. The fraction of sp³-hybridized carbons (Fsp3) is 0.650. The molecule has 1 aromatic rings. The molecular formula is C20H30N2. The Balaban J connectivity index is 1.64. The van der Waals surface area contributed by atoms with Crippen LogP contribution in [0.25, 0.3) is 0 Å². The van der Waals surface area contributed by atoms with Gasteiger partial charge in [0, 0.05) is 18.2 Å². The summed E-state index contributed by atoms with van der Waals surface area (Å²) in [5, 5.41) is 8.55. The first-order chi connectivity index (χ1) is 10.9. The van der Waals surface area contributed by atoms with Gasteiger partial charge in [-0.25, -0.2) is 0 Å². The monoisotopic (exact) mass is 298 g/mol. The number of nitrogens with one attached hydrogen (secondary N) is 1. The van der Waals surface area contributed by atoms with Gasteiger partial charge in [0.05, 0.1) is 0 Å². The zero-order chi connectivity index (χ0) is 15.2. The van der Waals surface area contributed by atoms with Crippen molar-refractivity contribution in [3.05, 3.63) is 35.4 Å². The minimum absolute atomic E-state index is 0.583. The van der Waals surface area contributed by atoms with E-state index in [4.69, 9.17) is 5.41 Å². The van der Waals surface area contributed by atoms with Gasteiger partial charge in [-0.05, 0) is 18.4 Å². The third-order valence-corrected chi connectivity index (χ3v) is 5.42. The highest BCUT2D eigenvalue weighted by Gasteiger charge is 2.29. The van der Waals surface area contributed by atoms with Crippen LogP contribution in [0.2, 0.25) is 0 Å². The van der Waals surface area contributed by atoms with E-state index < -0.39 is 0 Å². The first kappa shape index (κ1) is 15.6. The third-order valence-electron chi connectivity index (χ3n) is 5.42. The normalized spacial score (nSPS) is 22.0. The summed E-state index contributed by atoms with van der Waals surface area (Å²) < 4.78 is 0. The lowest BCUT2D eigenvalue weighted by Gasteiger charge is -2.30. The Labute approximate surface area is 135 Å². The van der Waals surface area contributed by atoms with Crippen molar-refractivity contribution in [2.45, 2.75) is 83.2 Å². The Bertz CT molecular complexity index is 482. The summed E-state index contributed by atoms with van der Waals surface area (Å²) >= 11 is 0. The van der Waals surface area contributed by atoms with Gasteiger partial charge < -0.3 is 4.90 Å². The summed E-state index contributed by atoms with van der Waals surface area (Å²) in [5.41, 5.74) is 2.51. The molecule has 1 heterocycles. The molecule has 2 nitrogen and oxygen atoms in total. The quantitative estimate of drug-likeness (QED) is 0.728. The van der Waals surface area contributed by atoms with E-state index in [9.17, 15) is 0 Å². The van der Waals surface area contributed by atoms with Crippen LogP contribution in [0.5, 0.6) is 0 Å². The van der Waals surface area contributed by atoms with Gasteiger partial charge in [0.2, 0.25) is 0 Å². The molecule has 3 rings (SSSR count). The highest BCUT2D eigenvalue weighted by molar-refractivity contribution is 6.00. The number of rotatable bonds is 1. The second-order valence-electron chi connectivity index (χ2n) is 7.05. The van der Waals surface area contributed by atoms with E-state index in [1.807, 2.05) is 0 Å². The van der Waals surface area contributed by atoms with E-state index in [-0.39, 0.29) is 0 Å². The number of nitrogens with zero attached hydrogens (tertiary/aromatic N) is 1. The molecule has 1 aliphatic heterocycles. The van der Waals surface area contributed by atoms with Gasteiger partial charge in [0.25, 0.3) is 0 Å². The van der Waals surface area contributed by atoms with Crippen molar-refractivity contribution in [2.24, 2.45) is 0 Å². The molecule has 1 N–H and O–H groups in total. The number of amidine groups is 1. The third kappa shape index (κ3) is 3.71. The number of hydrogen-bond acceptors (Lipinski definition) is 1. The molecule has 0 spiro atoms. The molecule has 2 aliphatic rings. The van der Waals surface area contributed by atoms with Gasteiger partial charge in [-0.1, -0.05) is 82.1 Å². The molecule has 0 amide bonds. The summed E-state index contributed by atoms with van der Waals surface area (Å²) in [5.74, 6) is 0.771. The van der Waals surface area contributed by atoms with E-state index in [0.717, 1.165) is 17.9 Å². The molecule has 0 saturated heterocycles. The first-order valence-electron chi connectivity index (χ1n) is 9.30. The largest absolute Gasteiger partial charge is 0.349 e. The van der Waals surface area contributed by atoms with Crippen LogP contribution in [-0.4, -0.2) is 16.8 Å². The molecule has 2 heteroatoms. The second kappa shape index (κ2) is 7.80. The van der Waals surface area contributed by atoms with Crippen molar-refractivity contribution in [1.82, 2.24) is 4.90 Å². The van der Waals surface area contributed by atoms with Crippen molar-refractivity contribution in [3.8, 4) is 0 Å². The standard InChI is InChI=1S/C20H30N2/c21-20-19-15-11-10-12-17(19)16-22(20)18-13-8-6-4-2-1-3-5-7-9-14-18/h10-12,15,18,21H,1-9,13-14,16H2. The summed E-state index contributed by atoms with van der Waals surface area (Å²) in [6.07, 6.45) is 15.1. The van der Waals surface area contributed by atoms with Crippen LogP contribution in [0.15, 0.2) is 24.3 Å². The van der Waals surface area contributed by atoms with E-state index in [0.29, 0.717) is 6.04 Å².